The van der Waals surface area contributed by atoms with Gasteiger partial charge in [0.2, 0.25) is 0 Å². The van der Waals surface area contributed by atoms with Gasteiger partial charge in [-0.1, -0.05) is 11.6 Å². The smallest absolute Gasteiger partial charge is 0.263 e. The number of rotatable bonds is 3. The molecule has 0 unspecified atom stereocenters. The standard InChI is InChI=1S/C13H17ClN2O2S/c14-9-3-6-19-12(9)13(17)15-10-7-18-8-11(10)16-4-1-2-5-16/h3,6,10-11H,1-2,4-5,7-8H2,(H,15,17)/t10-,11-/m0/s1. The summed E-state index contributed by atoms with van der Waals surface area (Å²) >= 11 is 7.37. The first kappa shape index (κ1) is 13.4. The van der Waals surface area contributed by atoms with Crippen LogP contribution in [0.15, 0.2) is 11.4 Å². The molecule has 2 saturated heterocycles. The maximum atomic E-state index is 12.2. The Bertz CT molecular complexity index is 459. The van der Waals surface area contributed by atoms with E-state index in [0.717, 1.165) is 13.1 Å². The van der Waals surface area contributed by atoms with E-state index in [0.29, 0.717) is 29.2 Å². The SMILES string of the molecule is O=C(N[C@H]1COC[C@@H]1N1CCCC1)c1sccc1Cl. The number of likely N-dealkylation sites (tertiary alicyclic amines) is 1. The van der Waals surface area contributed by atoms with Gasteiger partial charge in [-0.3, -0.25) is 9.69 Å². The minimum Gasteiger partial charge on any atom is -0.378 e. The van der Waals surface area contributed by atoms with Crippen molar-refractivity contribution < 1.29 is 9.53 Å². The molecule has 4 nitrogen and oxygen atoms in total. The number of amides is 1. The minimum absolute atomic E-state index is 0.0729. The molecule has 2 aliphatic heterocycles. The van der Waals surface area contributed by atoms with Crippen LogP contribution >= 0.6 is 22.9 Å². The Balaban J connectivity index is 1.65. The number of hydrogen-bond acceptors (Lipinski definition) is 4. The lowest BCUT2D eigenvalue weighted by atomic mass is 10.1. The van der Waals surface area contributed by atoms with E-state index >= 15 is 0 Å². The topological polar surface area (TPSA) is 41.6 Å². The second-order valence-corrected chi connectivity index (χ2v) is 6.35. The summed E-state index contributed by atoms with van der Waals surface area (Å²) in [7, 11) is 0. The molecular formula is C13H17ClN2O2S. The van der Waals surface area contributed by atoms with Crippen LogP contribution in [0.25, 0.3) is 0 Å². The molecule has 19 heavy (non-hydrogen) atoms. The quantitative estimate of drug-likeness (QED) is 0.928. The number of ether oxygens (including phenoxy) is 1. The van der Waals surface area contributed by atoms with Gasteiger partial charge in [0.05, 0.1) is 30.3 Å². The van der Waals surface area contributed by atoms with Gasteiger partial charge < -0.3 is 10.1 Å². The van der Waals surface area contributed by atoms with E-state index < -0.39 is 0 Å². The van der Waals surface area contributed by atoms with Crippen molar-refractivity contribution in [3.63, 3.8) is 0 Å². The van der Waals surface area contributed by atoms with Crippen LogP contribution in [0.5, 0.6) is 0 Å². The molecule has 2 fully saturated rings. The third-order valence-corrected chi connectivity index (χ3v) is 5.14. The molecule has 2 atom stereocenters. The van der Waals surface area contributed by atoms with Crippen molar-refractivity contribution in [1.29, 1.82) is 0 Å². The lowest BCUT2D eigenvalue weighted by Gasteiger charge is -2.27. The van der Waals surface area contributed by atoms with Gasteiger partial charge >= 0.3 is 0 Å². The lowest BCUT2D eigenvalue weighted by Crippen LogP contribution is -2.50. The number of hydrogen-bond donors (Lipinski definition) is 1. The molecule has 1 aromatic rings. The molecule has 0 bridgehead atoms. The van der Waals surface area contributed by atoms with Gasteiger partial charge in [-0.05, 0) is 37.4 Å². The van der Waals surface area contributed by atoms with Crippen LogP contribution in [0.1, 0.15) is 22.5 Å². The fraction of sp³-hybridized carbons (Fsp3) is 0.615. The minimum atomic E-state index is -0.0836. The van der Waals surface area contributed by atoms with Crippen LogP contribution < -0.4 is 5.32 Å². The molecule has 0 radical (unpaired) electrons. The molecule has 0 aliphatic carbocycles. The van der Waals surface area contributed by atoms with Gasteiger partial charge in [0.25, 0.3) is 5.91 Å². The van der Waals surface area contributed by atoms with Crippen molar-refractivity contribution in [1.82, 2.24) is 10.2 Å². The summed E-state index contributed by atoms with van der Waals surface area (Å²) in [5, 5.41) is 5.43. The van der Waals surface area contributed by atoms with E-state index in [-0.39, 0.29) is 11.9 Å². The Morgan fingerprint density at radius 2 is 2.21 bits per heavy atom. The molecule has 2 aliphatic rings. The maximum absolute atomic E-state index is 12.2. The number of thiophene rings is 1. The number of carbonyl (C=O) groups excluding carboxylic acids is 1. The summed E-state index contributed by atoms with van der Waals surface area (Å²) < 4.78 is 5.54. The van der Waals surface area contributed by atoms with Gasteiger partial charge in [0.1, 0.15) is 4.88 Å². The molecule has 3 heterocycles. The Hall–Kier alpha value is -0.620. The van der Waals surface area contributed by atoms with Gasteiger partial charge in [0, 0.05) is 0 Å². The van der Waals surface area contributed by atoms with Gasteiger partial charge in [-0.15, -0.1) is 11.3 Å². The van der Waals surface area contributed by atoms with Crippen LogP contribution in [0.2, 0.25) is 5.02 Å². The second-order valence-electron chi connectivity index (χ2n) is 5.03. The van der Waals surface area contributed by atoms with E-state index in [4.69, 9.17) is 16.3 Å². The van der Waals surface area contributed by atoms with Crippen LogP contribution in [0, 0.1) is 0 Å². The van der Waals surface area contributed by atoms with E-state index in [9.17, 15) is 4.79 Å². The van der Waals surface area contributed by atoms with Crippen LogP contribution in [0.3, 0.4) is 0 Å². The Kier molecular flexibility index (Phi) is 4.07. The van der Waals surface area contributed by atoms with Crippen LogP contribution in [-0.2, 0) is 4.74 Å². The van der Waals surface area contributed by atoms with E-state index in [2.05, 4.69) is 10.2 Å². The predicted molar refractivity (Wildman–Crippen MR) is 76.0 cm³/mol. The number of carbonyl (C=O) groups is 1. The van der Waals surface area contributed by atoms with Crippen molar-refractivity contribution in [2.45, 2.75) is 24.9 Å². The number of nitrogens with one attached hydrogen (secondary N) is 1. The van der Waals surface area contributed by atoms with Crippen molar-refractivity contribution >= 4 is 28.8 Å². The Morgan fingerprint density at radius 1 is 1.42 bits per heavy atom. The van der Waals surface area contributed by atoms with Crippen LogP contribution in [0.4, 0.5) is 0 Å². The van der Waals surface area contributed by atoms with Crippen LogP contribution in [-0.4, -0.2) is 49.2 Å². The molecule has 1 aromatic heterocycles. The third-order valence-electron chi connectivity index (χ3n) is 3.80. The van der Waals surface area contributed by atoms with E-state index in [1.807, 2.05) is 5.38 Å². The van der Waals surface area contributed by atoms with Crippen molar-refractivity contribution in [3.8, 4) is 0 Å². The fourth-order valence-electron chi connectivity index (χ4n) is 2.80. The first-order valence-electron chi connectivity index (χ1n) is 6.61. The predicted octanol–water partition coefficient (Wildman–Crippen LogP) is 1.99. The van der Waals surface area contributed by atoms with Crippen molar-refractivity contribution in [3.05, 3.63) is 21.3 Å². The molecule has 0 spiro atoms. The first-order valence-corrected chi connectivity index (χ1v) is 7.87. The van der Waals surface area contributed by atoms with Gasteiger partial charge in [0.15, 0.2) is 0 Å². The molecular weight excluding hydrogens is 284 g/mol. The Labute approximate surface area is 121 Å². The molecule has 1 N–H and O–H groups in total. The summed E-state index contributed by atoms with van der Waals surface area (Å²) in [4.78, 5) is 15.2. The number of halogens is 1. The summed E-state index contributed by atoms with van der Waals surface area (Å²) in [6.45, 7) is 3.53. The van der Waals surface area contributed by atoms with Crippen molar-refractivity contribution in [2.75, 3.05) is 26.3 Å². The average molecular weight is 301 g/mol. The zero-order valence-electron chi connectivity index (χ0n) is 10.6. The monoisotopic (exact) mass is 300 g/mol. The highest BCUT2D eigenvalue weighted by Gasteiger charge is 2.35. The molecule has 3 rings (SSSR count). The lowest BCUT2D eigenvalue weighted by molar-refractivity contribution is 0.0921. The summed E-state index contributed by atoms with van der Waals surface area (Å²) in [5.74, 6) is -0.0836. The van der Waals surface area contributed by atoms with E-state index in [1.165, 1.54) is 24.2 Å². The zero-order chi connectivity index (χ0) is 13.2. The maximum Gasteiger partial charge on any atom is 0.263 e. The highest BCUT2D eigenvalue weighted by molar-refractivity contribution is 7.12. The third kappa shape index (κ3) is 2.79. The van der Waals surface area contributed by atoms with Gasteiger partial charge in [-0.2, -0.15) is 0 Å². The molecule has 0 saturated carbocycles. The van der Waals surface area contributed by atoms with Gasteiger partial charge in [-0.25, -0.2) is 0 Å². The number of nitrogens with zero attached hydrogens (tertiary/aromatic N) is 1. The fourth-order valence-corrected chi connectivity index (χ4v) is 3.85. The van der Waals surface area contributed by atoms with E-state index in [1.54, 1.807) is 6.07 Å². The normalized spacial score (nSPS) is 27.8. The average Bonchev–Trinajstić information content (AvgIpc) is 3.07. The first-order chi connectivity index (χ1) is 9.25. The highest BCUT2D eigenvalue weighted by Crippen LogP contribution is 2.23. The highest BCUT2D eigenvalue weighted by atomic mass is 35.5. The largest absolute Gasteiger partial charge is 0.378 e. The summed E-state index contributed by atoms with van der Waals surface area (Å²) in [5.41, 5.74) is 0. The second kappa shape index (κ2) is 5.79. The summed E-state index contributed by atoms with van der Waals surface area (Å²) in [6.07, 6.45) is 2.49. The summed E-state index contributed by atoms with van der Waals surface area (Å²) in [6, 6.07) is 2.14. The Morgan fingerprint density at radius 3 is 2.89 bits per heavy atom. The zero-order valence-corrected chi connectivity index (χ0v) is 12.2. The molecule has 0 aromatic carbocycles. The molecule has 104 valence electrons. The molecule has 6 heteroatoms. The van der Waals surface area contributed by atoms with Crippen molar-refractivity contribution in [2.24, 2.45) is 0 Å². The molecule has 1 amide bonds.